The Hall–Kier alpha value is -2.74. The van der Waals surface area contributed by atoms with Crippen LogP contribution in [0.4, 0.5) is 0 Å². The lowest BCUT2D eigenvalue weighted by Gasteiger charge is -2.22. The molecule has 22 heavy (non-hydrogen) atoms. The lowest BCUT2D eigenvalue weighted by molar-refractivity contribution is -0.110. The van der Waals surface area contributed by atoms with Crippen LogP contribution in [0.1, 0.15) is 18.9 Å². The smallest absolute Gasteiger partial charge is 0.215 e. The van der Waals surface area contributed by atoms with Crippen LogP contribution in [0, 0.1) is 0 Å². The Morgan fingerprint density at radius 1 is 1.32 bits per heavy atom. The predicted octanol–water partition coefficient (Wildman–Crippen LogP) is 1.31. The molecule has 1 unspecified atom stereocenters. The molecule has 0 aliphatic carbocycles. The fourth-order valence-corrected chi connectivity index (χ4v) is 2.08. The van der Waals surface area contributed by atoms with Crippen molar-refractivity contribution in [1.82, 2.24) is 0 Å². The maximum Gasteiger partial charge on any atom is 0.215 e. The number of para-hydroxylation sites is 1. The molecular weight excluding hydrogens is 284 g/mol. The van der Waals surface area contributed by atoms with Crippen molar-refractivity contribution in [3.63, 3.8) is 0 Å². The number of nitrogens with zero attached hydrogens (tertiary/aromatic N) is 5. The average molecular weight is 298 g/mol. The first-order valence-corrected chi connectivity index (χ1v) is 6.83. The first kappa shape index (κ1) is 14.2. The number of aldehydes is 1. The molecule has 0 saturated heterocycles. The van der Waals surface area contributed by atoms with Gasteiger partial charge in [-0.3, -0.25) is 10.5 Å². The van der Waals surface area contributed by atoms with E-state index in [9.17, 15) is 4.79 Å². The third-order valence-electron chi connectivity index (χ3n) is 3.15. The largest absolute Gasteiger partial charge is 0.493 e. The number of amidine groups is 2. The fraction of sp³-hybridized carbons (Fsp3) is 0.286. The van der Waals surface area contributed by atoms with Crippen LogP contribution >= 0.6 is 0 Å². The van der Waals surface area contributed by atoms with Crippen LogP contribution in [0.25, 0.3) is 0 Å². The van der Waals surface area contributed by atoms with Crippen molar-refractivity contribution in [3.05, 3.63) is 29.8 Å². The molecule has 0 amide bonds. The van der Waals surface area contributed by atoms with Gasteiger partial charge in [0.25, 0.3) is 0 Å². The second-order valence-corrected chi connectivity index (χ2v) is 4.80. The van der Waals surface area contributed by atoms with E-state index in [0.717, 1.165) is 6.42 Å². The lowest BCUT2D eigenvalue weighted by Crippen LogP contribution is -2.52. The van der Waals surface area contributed by atoms with Crippen LogP contribution in [0.5, 0.6) is 5.75 Å². The minimum absolute atomic E-state index is 0.151. The fourth-order valence-electron chi connectivity index (χ4n) is 2.08. The molecule has 2 N–H and O–H groups in total. The van der Waals surface area contributed by atoms with Crippen LogP contribution in [0.15, 0.2) is 49.7 Å². The van der Waals surface area contributed by atoms with Gasteiger partial charge in [0.15, 0.2) is 17.8 Å². The predicted molar refractivity (Wildman–Crippen MR) is 81.5 cm³/mol. The Labute approximate surface area is 126 Å². The Morgan fingerprint density at radius 2 is 2.14 bits per heavy atom. The minimum Gasteiger partial charge on any atom is -0.493 e. The Balaban J connectivity index is 2.07. The average Bonchev–Trinajstić information content (AvgIpc) is 3.02. The summed E-state index contributed by atoms with van der Waals surface area (Å²) in [6.45, 7) is 2.58. The highest BCUT2D eigenvalue weighted by atomic mass is 16.5. The Bertz CT molecular complexity index is 737. The molecule has 0 fully saturated rings. The number of hydrogen-bond donors (Lipinski definition) is 1. The van der Waals surface area contributed by atoms with Gasteiger partial charge in [0.1, 0.15) is 5.75 Å². The maximum atomic E-state index is 11.4. The van der Waals surface area contributed by atoms with Crippen molar-refractivity contribution in [2.75, 3.05) is 6.61 Å². The number of carbonyl (C=O) groups is 1. The summed E-state index contributed by atoms with van der Waals surface area (Å²) in [4.78, 5) is 19.9. The highest BCUT2D eigenvalue weighted by Crippen LogP contribution is 2.25. The van der Waals surface area contributed by atoms with E-state index < -0.39 is 5.66 Å². The number of aliphatic imine (C=N–C) groups is 2. The van der Waals surface area contributed by atoms with E-state index >= 15 is 0 Å². The van der Waals surface area contributed by atoms with Gasteiger partial charge in [0.2, 0.25) is 11.5 Å². The summed E-state index contributed by atoms with van der Waals surface area (Å²) in [5.41, 5.74) is 5.15. The normalized spacial score (nSPS) is 22.5. The third kappa shape index (κ3) is 2.33. The van der Waals surface area contributed by atoms with Crippen molar-refractivity contribution in [2.24, 2.45) is 31.2 Å². The number of rotatable bonds is 5. The minimum atomic E-state index is -1.63. The molecule has 8 nitrogen and oxygen atoms in total. The van der Waals surface area contributed by atoms with Crippen molar-refractivity contribution < 1.29 is 9.53 Å². The first-order valence-electron chi connectivity index (χ1n) is 6.83. The summed E-state index contributed by atoms with van der Waals surface area (Å²) in [6.07, 6.45) is 1.38. The standard InChI is InChI=1S/C14H14N6O2/c1-2-7-22-10-6-4-3-5-9(10)12-16-13-11(18-20-19-13)14(15,8-21)17-12/h3-6,8H,2,7,15H2,1H3. The van der Waals surface area contributed by atoms with E-state index in [2.05, 4.69) is 25.4 Å². The van der Waals surface area contributed by atoms with Gasteiger partial charge in [-0.05, 0) is 23.8 Å². The number of benzene rings is 1. The zero-order chi connectivity index (χ0) is 15.6. The zero-order valence-electron chi connectivity index (χ0n) is 11.9. The molecule has 1 aromatic rings. The van der Waals surface area contributed by atoms with E-state index in [1.54, 1.807) is 6.07 Å². The SMILES string of the molecule is CCCOc1ccccc1C1=NC(N)(C=O)C2=NN=NC2=N1. The molecule has 3 rings (SSSR count). The van der Waals surface area contributed by atoms with Crippen molar-refractivity contribution >= 4 is 23.7 Å². The number of hydrogen-bond acceptors (Lipinski definition) is 8. The summed E-state index contributed by atoms with van der Waals surface area (Å²) in [7, 11) is 0. The van der Waals surface area contributed by atoms with Crippen LogP contribution in [0.2, 0.25) is 0 Å². The highest BCUT2D eigenvalue weighted by molar-refractivity contribution is 6.51. The van der Waals surface area contributed by atoms with Crippen LogP contribution < -0.4 is 10.5 Å². The molecule has 8 heteroatoms. The number of ether oxygens (including phenoxy) is 1. The second-order valence-electron chi connectivity index (χ2n) is 4.80. The summed E-state index contributed by atoms with van der Waals surface area (Å²) >= 11 is 0. The Kier molecular flexibility index (Phi) is 3.60. The molecule has 0 spiro atoms. The van der Waals surface area contributed by atoms with Crippen molar-refractivity contribution in [1.29, 1.82) is 0 Å². The maximum absolute atomic E-state index is 11.4. The third-order valence-corrected chi connectivity index (χ3v) is 3.15. The molecule has 1 atom stereocenters. The molecule has 0 saturated carbocycles. The van der Waals surface area contributed by atoms with E-state index in [4.69, 9.17) is 10.5 Å². The second kappa shape index (κ2) is 5.57. The molecule has 0 radical (unpaired) electrons. The van der Waals surface area contributed by atoms with Gasteiger partial charge < -0.3 is 4.74 Å². The molecule has 2 heterocycles. The van der Waals surface area contributed by atoms with E-state index in [0.29, 0.717) is 24.2 Å². The number of nitrogens with two attached hydrogens (primary N) is 1. The molecule has 112 valence electrons. The van der Waals surface area contributed by atoms with E-state index in [-0.39, 0.29) is 17.4 Å². The summed E-state index contributed by atoms with van der Waals surface area (Å²) < 4.78 is 5.69. The van der Waals surface area contributed by atoms with Gasteiger partial charge >= 0.3 is 0 Å². The van der Waals surface area contributed by atoms with Gasteiger partial charge in [-0.25, -0.2) is 9.98 Å². The molecule has 1 aromatic carbocycles. The zero-order valence-corrected chi connectivity index (χ0v) is 11.9. The topological polar surface area (TPSA) is 114 Å². The van der Waals surface area contributed by atoms with Crippen LogP contribution in [0.3, 0.4) is 0 Å². The molecule has 0 bridgehead atoms. The molecule has 2 aliphatic heterocycles. The van der Waals surface area contributed by atoms with Crippen molar-refractivity contribution in [2.45, 2.75) is 19.0 Å². The molecule has 0 aromatic heterocycles. The number of fused-ring (bicyclic) bond motifs is 1. The Morgan fingerprint density at radius 3 is 2.91 bits per heavy atom. The monoisotopic (exact) mass is 298 g/mol. The molecular formula is C14H14N6O2. The van der Waals surface area contributed by atoms with Gasteiger partial charge in [0, 0.05) is 0 Å². The van der Waals surface area contributed by atoms with Crippen LogP contribution in [-0.4, -0.2) is 35.9 Å². The van der Waals surface area contributed by atoms with Gasteiger partial charge in [-0.2, -0.15) is 0 Å². The quantitative estimate of drug-likeness (QED) is 0.826. The summed E-state index contributed by atoms with van der Waals surface area (Å²) in [5.74, 6) is 1.09. The van der Waals surface area contributed by atoms with Crippen LogP contribution in [-0.2, 0) is 4.79 Å². The molecule has 2 aliphatic rings. The summed E-state index contributed by atoms with van der Waals surface area (Å²) in [6, 6.07) is 7.29. The van der Waals surface area contributed by atoms with Crippen molar-refractivity contribution in [3.8, 4) is 5.75 Å². The van der Waals surface area contributed by atoms with Gasteiger partial charge in [-0.15, -0.1) is 10.2 Å². The summed E-state index contributed by atoms with van der Waals surface area (Å²) in [5, 5.41) is 11.0. The van der Waals surface area contributed by atoms with Gasteiger partial charge in [0.05, 0.1) is 12.2 Å². The van der Waals surface area contributed by atoms with E-state index in [1.165, 1.54) is 0 Å². The highest BCUT2D eigenvalue weighted by Gasteiger charge is 2.41. The first-order chi connectivity index (χ1) is 10.7. The van der Waals surface area contributed by atoms with Gasteiger partial charge in [-0.1, -0.05) is 19.1 Å². The lowest BCUT2D eigenvalue weighted by atomic mass is 10.0. The van der Waals surface area contributed by atoms with E-state index in [1.807, 2.05) is 25.1 Å². The number of carbonyl (C=O) groups excluding carboxylic acids is 1.